The molecule has 22 heavy (non-hydrogen) atoms. The number of rotatable bonds is 8. The molecule has 1 amide bonds. The second-order valence-electron chi connectivity index (χ2n) is 4.88. The summed E-state index contributed by atoms with van der Waals surface area (Å²) in [4.78, 5) is 12.0. The monoisotopic (exact) mass is 330 g/mol. The molecule has 0 aliphatic carbocycles. The largest absolute Gasteiger partial charge is 0.497 e. The summed E-state index contributed by atoms with van der Waals surface area (Å²) in [6, 6.07) is 4.82. The number of methoxy groups -OCH3 is 2. The van der Waals surface area contributed by atoms with Gasteiger partial charge in [-0.25, -0.2) is 8.42 Å². The summed E-state index contributed by atoms with van der Waals surface area (Å²) in [7, 11) is -0.754. The lowest BCUT2D eigenvalue weighted by atomic mass is 10.3. The lowest BCUT2D eigenvalue weighted by Crippen LogP contribution is -2.48. The molecule has 8 heteroatoms. The Balaban J connectivity index is 2.72. The van der Waals surface area contributed by atoms with E-state index in [1.54, 1.807) is 19.1 Å². The average Bonchev–Trinajstić information content (AvgIpc) is 2.47. The number of nitrogens with one attached hydrogen (secondary N) is 2. The molecule has 0 bridgehead atoms. The molecule has 1 aromatic carbocycles. The molecule has 0 saturated carbocycles. The van der Waals surface area contributed by atoms with Crippen molar-refractivity contribution in [3.8, 4) is 5.75 Å². The van der Waals surface area contributed by atoms with Gasteiger partial charge in [-0.05, 0) is 38.1 Å². The van der Waals surface area contributed by atoms with Gasteiger partial charge in [0.25, 0.3) is 0 Å². The Morgan fingerprint density at radius 3 is 2.27 bits per heavy atom. The predicted octanol–water partition coefficient (Wildman–Crippen LogP) is 0.513. The van der Waals surface area contributed by atoms with Gasteiger partial charge < -0.3 is 14.8 Å². The third-order valence-electron chi connectivity index (χ3n) is 2.90. The van der Waals surface area contributed by atoms with Gasteiger partial charge in [-0.1, -0.05) is 0 Å². The summed E-state index contributed by atoms with van der Waals surface area (Å²) < 4.78 is 36.6. The summed E-state index contributed by atoms with van der Waals surface area (Å²) in [5.41, 5.74) is 0. The third-order valence-corrected chi connectivity index (χ3v) is 4.46. The molecule has 0 saturated heterocycles. The number of benzene rings is 1. The van der Waals surface area contributed by atoms with Crippen molar-refractivity contribution < 1.29 is 22.7 Å². The molecule has 2 N–H and O–H groups in total. The normalized spacial score (nSPS) is 14.2. The van der Waals surface area contributed by atoms with Gasteiger partial charge in [-0.15, -0.1) is 0 Å². The van der Waals surface area contributed by atoms with Gasteiger partial charge in [0, 0.05) is 13.2 Å². The van der Waals surface area contributed by atoms with Crippen molar-refractivity contribution in [3.63, 3.8) is 0 Å². The van der Waals surface area contributed by atoms with Gasteiger partial charge in [0.05, 0.1) is 24.7 Å². The molecular formula is C14H22N2O5S. The molecule has 0 unspecified atom stereocenters. The number of ether oxygens (including phenoxy) is 2. The van der Waals surface area contributed by atoms with Crippen LogP contribution in [0.1, 0.15) is 13.8 Å². The van der Waals surface area contributed by atoms with Gasteiger partial charge >= 0.3 is 0 Å². The number of carbonyl (C=O) groups excluding carboxylic acids is 1. The summed E-state index contributed by atoms with van der Waals surface area (Å²) in [6.07, 6.45) is 0. The molecular weight excluding hydrogens is 308 g/mol. The second-order valence-corrected chi connectivity index (χ2v) is 6.60. The minimum absolute atomic E-state index is 0.0675. The average molecular weight is 330 g/mol. The van der Waals surface area contributed by atoms with Gasteiger partial charge in [-0.3, -0.25) is 4.79 Å². The standard InChI is InChI=1S/C14H22N2O5S/c1-10(9-20-3)15-14(17)11(2)16-22(18,19)13-7-5-12(21-4)6-8-13/h5-8,10-11,16H,9H2,1-4H3,(H,15,17)/t10-,11+/m0/s1. The van der Waals surface area contributed by atoms with E-state index in [-0.39, 0.29) is 10.9 Å². The Bertz CT molecular complexity index is 586. The van der Waals surface area contributed by atoms with Crippen molar-refractivity contribution in [1.29, 1.82) is 0 Å². The molecule has 0 heterocycles. The second kappa shape index (κ2) is 8.11. The maximum Gasteiger partial charge on any atom is 0.241 e. The fourth-order valence-electron chi connectivity index (χ4n) is 1.77. The van der Waals surface area contributed by atoms with E-state index in [1.807, 2.05) is 0 Å². The van der Waals surface area contributed by atoms with Gasteiger partial charge in [-0.2, -0.15) is 4.72 Å². The zero-order valence-electron chi connectivity index (χ0n) is 13.1. The van der Waals surface area contributed by atoms with Crippen LogP contribution in [-0.4, -0.2) is 47.2 Å². The maximum absolute atomic E-state index is 12.2. The zero-order valence-corrected chi connectivity index (χ0v) is 13.9. The van der Waals surface area contributed by atoms with E-state index in [2.05, 4.69) is 10.0 Å². The smallest absolute Gasteiger partial charge is 0.241 e. The van der Waals surface area contributed by atoms with Crippen LogP contribution >= 0.6 is 0 Å². The lowest BCUT2D eigenvalue weighted by Gasteiger charge is -2.18. The molecule has 124 valence electrons. The number of amides is 1. The first-order chi connectivity index (χ1) is 10.3. The molecule has 1 aromatic rings. The SMILES string of the molecule is COC[C@H](C)NC(=O)[C@@H](C)NS(=O)(=O)c1ccc(OC)cc1. The Hall–Kier alpha value is -1.64. The van der Waals surface area contributed by atoms with Crippen molar-refractivity contribution in [2.45, 2.75) is 30.8 Å². The first kappa shape index (κ1) is 18.4. The first-order valence-corrected chi connectivity index (χ1v) is 8.24. The van der Waals surface area contributed by atoms with Crippen LogP contribution in [0.15, 0.2) is 29.2 Å². The van der Waals surface area contributed by atoms with Crippen LogP contribution in [0, 0.1) is 0 Å². The molecule has 7 nitrogen and oxygen atoms in total. The van der Waals surface area contributed by atoms with Crippen LogP contribution < -0.4 is 14.8 Å². The third kappa shape index (κ3) is 5.28. The molecule has 1 rings (SSSR count). The van der Waals surface area contributed by atoms with E-state index in [0.717, 1.165) is 0 Å². The van der Waals surface area contributed by atoms with Crippen LogP contribution in [0.25, 0.3) is 0 Å². The van der Waals surface area contributed by atoms with E-state index in [9.17, 15) is 13.2 Å². The van der Waals surface area contributed by atoms with Crippen molar-refractivity contribution in [2.24, 2.45) is 0 Å². The highest BCUT2D eigenvalue weighted by Gasteiger charge is 2.22. The van der Waals surface area contributed by atoms with Crippen LogP contribution in [-0.2, 0) is 19.6 Å². The van der Waals surface area contributed by atoms with Crippen molar-refractivity contribution >= 4 is 15.9 Å². The topological polar surface area (TPSA) is 93.7 Å². The molecule has 2 atom stereocenters. The molecule has 0 aliphatic heterocycles. The number of sulfonamides is 1. The fraction of sp³-hybridized carbons (Fsp3) is 0.500. The molecule has 0 aromatic heterocycles. The Morgan fingerprint density at radius 2 is 1.77 bits per heavy atom. The van der Waals surface area contributed by atoms with Crippen molar-refractivity contribution in [2.75, 3.05) is 20.8 Å². The minimum atomic E-state index is -3.78. The van der Waals surface area contributed by atoms with Gasteiger partial charge in [0.1, 0.15) is 5.75 Å². The highest BCUT2D eigenvalue weighted by molar-refractivity contribution is 7.89. The number of hydrogen-bond acceptors (Lipinski definition) is 5. The summed E-state index contributed by atoms with van der Waals surface area (Å²) >= 11 is 0. The Labute approximate surface area is 131 Å². The van der Waals surface area contributed by atoms with Gasteiger partial charge in [0.2, 0.25) is 15.9 Å². The number of carbonyl (C=O) groups is 1. The number of hydrogen-bond donors (Lipinski definition) is 2. The zero-order chi connectivity index (χ0) is 16.8. The lowest BCUT2D eigenvalue weighted by molar-refractivity contribution is -0.123. The van der Waals surface area contributed by atoms with E-state index in [0.29, 0.717) is 12.4 Å². The molecule has 0 radical (unpaired) electrons. The van der Waals surface area contributed by atoms with Crippen molar-refractivity contribution in [3.05, 3.63) is 24.3 Å². The maximum atomic E-state index is 12.2. The fourth-order valence-corrected chi connectivity index (χ4v) is 2.97. The van der Waals surface area contributed by atoms with E-state index >= 15 is 0 Å². The Kier molecular flexibility index (Phi) is 6.79. The van der Waals surface area contributed by atoms with E-state index in [4.69, 9.17) is 9.47 Å². The highest BCUT2D eigenvalue weighted by atomic mass is 32.2. The summed E-state index contributed by atoms with van der Waals surface area (Å²) in [5.74, 6) is 0.139. The van der Waals surface area contributed by atoms with E-state index < -0.39 is 22.0 Å². The summed E-state index contributed by atoms with van der Waals surface area (Å²) in [6.45, 7) is 3.60. The van der Waals surface area contributed by atoms with Gasteiger partial charge in [0.15, 0.2) is 0 Å². The quantitative estimate of drug-likeness (QED) is 0.724. The minimum Gasteiger partial charge on any atom is -0.497 e. The first-order valence-electron chi connectivity index (χ1n) is 6.76. The van der Waals surface area contributed by atoms with Crippen LogP contribution in [0.3, 0.4) is 0 Å². The molecule has 0 aliphatic rings. The van der Waals surface area contributed by atoms with Crippen LogP contribution in [0.2, 0.25) is 0 Å². The van der Waals surface area contributed by atoms with Crippen LogP contribution in [0.4, 0.5) is 0 Å². The predicted molar refractivity (Wildman–Crippen MR) is 82.3 cm³/mol. The summed E-state index contributed by atoms with van der Waals surface area (Å²) in [5, 5.41) is 2.66. The van der Waals surface area contributed by atoms with Crippen molar-refractivity contribution in [1.82, 2.24) is 10.0 Å². The molecule has 0 spiro atoms. The van der Waals surface area contributed by atoms with E-state index in [1.165, 1.54) is 33.3 Å². The molecule has 0 fully saturated rings. The Morgan fingerprint density at radius 1 is 1.18 bits per heavy atom. The van der Waals surface area contributed by atoms with Crippen LogP contribution in [0.5, 0.6) is 5.75 Å². The highest BCUT2D eigenvalue weighted by Crippen LogP contribution is 2.15.